The number of aliphatic hydroxyl groups is 1. The fourth-order valence-corrected chi connectivity index (χ4v) is 3.74. The molecule has 0 saturated heterocycles. The lowest BCUT2D eigenvalue weighted by molar-refractivity contribution is -0.0491. The van der Waals surface area contributed by atoms with Crippen LogP contribution in [-0.2, 0) is 18.3 Å². The molecule has 1 aliphatic rings. The first-order valence-corrected chi connectivity index (χ1v) is 9.77. The second kappa shape index (κ2) is 9.21. The molecular weight excluding hydrogens is 358 g/mol. The summed E-state index contributed by atoms with van der Waals surface area (Å²) >= 11 is 0. The van der Waals surface area contributed by atoms with Crippen molar-refractivity contribution in [2.24, 2.45) is 7.05 Å². The monoisotopic (exact) mass is 387 g/mol. The standard InChI is InChI=1S/C21H29N3O4/c1-4-27-21(26)16-8-10-17(11-9-16)28-19-7-5-6-18(20(19)25)23(2)13-15-12-22-24(3)14-15/h8-12,14,18-20,25H,4-7,13H2,1-3H3/t18-,19+,20+/m1/s1. The third-order valence-corrected chi connectivity index (χ3v) is 5.17. The predicted molar refractivity (Wildman–Crippen MR) is 105 cm³/mol. The Morgan fingerprint density at radius 3 is 2.71 bits per heavy atom. The van der Waals surface area contributed by atoms with Gasteiger partial charge in [-0.05, 0) is 57.5 Å². The summed E-state index contributed by atoms with van der Waals surface area (Å²) in [6, 6.07) is 6.91. The van der Waals surface area contributed by atoms with E-state index >= 15 is 0 Å². The zero-order chi connectivity index (χ0) is 20.1. The molecule has 2 aromatic rings. The molecule has 1 aliphatic carbocycles. The van der Waals surface area contributed by atoms with Crippen LogP contribution in [0.1, 0.15) is 42.1 Å². The van der Waals surface area contributed by atoms with E-state index in [-0.39, 0.29) is 18.1 Å². The molecule has 28 heavy (non-hydrogen) atoms. The van der Waals surface area contributed by atoms with Crippen molar-refractivity contribution in [1.82, 2.24) is 14.7 Å². The van der Waals surface area contributed by atoms with E-state index in [9.17, 15) is 9.90 Å². The number of aryl methyl sites for hydroxylation is 1. The topological polar surface area (TPSA) is 76.8 Å². The Morgan fingerprint density at radius 1 is 1.32 bits per heavy atom. The quantitative estimate of drug-likeness (QED) is 0.735. The van der Waals surface area contributed by atoms with Gasteiger partial charge < -0.3 is 14.6 Å². The van der Waals surface area contributed by atoms with E-state index in [1.807, 2.05) is 26.5 Å². The van der Waals surface area contributed by atoms with E-state index in [2.05, 4.69) is 10.00 Å². The molecule has 1 saturated carbocycles. The molecular formula is C21H29N3O4. The summed E-state index contributed by atoms with van der Waals surface area (Å²) in [5, 5.41) is 15.1. The van der Waals surface area contributed by atoms with Crippen molar-refractivity contribution in [3.05, 3.63) is 47.8 Å². The number of carbonyl (C=O) groups is 1. The molecule has 3 rings (SSSR count). The number of aromatic nitrogens is 2. The minimum absolute atomic E-state index is 0.0257. The first kappa shape index (κ1) is 20.4. The Morgan fingerprint density at radius 2 is 2.07 bits per heavy atom. The highest BCUT2D eigenvalue weighted by molar-refractivity contribution is 5.89. The minimum atomic E-state index is -0.583. The van der Waals surface area contributed by atoms with Crippen LogP contribution >= 0.6 is 0 Å². The Balaban J connectivity index is 1.60. The minimum Gasteiger partial charge on any atom is -0.488 e. The van der Waals surface area contributed by atoms with Gasteiger partial charge >= 0.3 is 5.97 Å². The predicted octanol–water partition coefficient (Wildman–Crippen LogP) is 2.39. The van der Waals surface area contributed by atoms with Crippen molar-refractivity contribution in [3.8, 4) is 5.75 Å². The van der Waals surface area contributed by atoms with Crippen LogP contribution in [0.3, 0.4) is 0 Å². The average molecular weight is 387 g/mol. The summed E-state index contributed by atoms with van der Waals surface area (Å²) in [4.78, 5) is 13.9. The summed E-state index contributed by atoms with van der Waals surface area (Å²) in [5.74, 6) is 0.302. The van der Waals surface area contributed by atoms with Crippen molar-refractivity contribution in [2.75, 3.05) is 13.7 Å². The lowest BCUT2D eigenvalue weighted by Gasteiger charge is -2.39. The largest absolute Gasteiger partial charge is 0.488 e. The van der Waals surface area contributed by atoms with Gasteiger partial charge in [0.1, 0.15) is 18.0 Å². The summed E-state index contributed by atoms with van der Waals surface area (Å²) < 4.78 is 12.8. The number of rotatable bonds is 7. The number of carbonyl (C=O) groups excluding carboxylic acids is 1. The molecule has 0 aliphatic heterocycles. The zero-order valence-corrected chi connectivity index (χ0v) is 16.7. The Kier molecular flexibility index (Phi) is 6.70. The molecule has 0 spiro atoms. The number of aliphatic hydroxyl groups excluding tert-OH is 1. The number of hydrogen-bond acceptors (Lipinski definition) is 6. The van der Waals surface area contributed by atoms with E-state index in [0.29, 0.717) is 17.9 Å². The Bertz CT molecular complexity index is 774. The second-order valence-electron chi connectivity index (χ2n) is 7.33. The van der Waals surface area contributed by atoms with Gasteiger partial charge in [0, 0.05) is 31.4 Å². The van der Waals surface area contributed by atoms with Crippen LogP contribution in [0.4, 0.5) is 0 Å². The van der Waals surface area contributed by atoms with Crippen molar-refractivity contribution in [1.29, 1.82) is 0 Å². The van der Waals surface area contributed by atoms with Gasteiger partial charge in [0.25, 0.3) is 0 Å². The maximum absolute atomic E-state index is 11.8. The third kappa shape index (κ3) is 4.91. The summed E-state index contributed by atoms with van der Waals surface area (Å²) in [6.45, 7) is 2.86. The van der Waals surface area contributed by atoms with Gasteiger partial charge in [-0.3, -0.25) is 9.58 Å². The molecule has 0 unspecified atom stereocenters. The van der Waals surface area contributed by atoms with Crippen molar-refractivity contribution >= 4 is 5.97 Å². The Labute approximate surface area is 165 Å². The molecule has 1 N–H and O–H groups in total. The smallest absolute Gasteiger partial charge is 0.338 e. The van der Waals surface area contributed by atoms with Crippen molar-refractivity contribution < 1.29 is 19.4 Å². The van der Waals surface area contributed by atoms with Crippen molar-refractivity contribution in [3.63, 3.8) is 0 Å². The molecule has 7 heteroatoms. The van der Waals surface area contributed by atoms with Gasteiger partial charge in [0.15, 0.2) is 0 Å². The highest BCUT2D eigenvalue weighted by Gasteiger charge is 2.35. The van der Waals surface area contributed by atoms with Crippen LogP contribution in [0.15, 0.2) is 36.7 Å². The lowest BCUT2D eigenvalue weighted by atomic mass is 9.88. The molecule has 0 radical (unpaired) electrons. The van der Waals surface area contributed by atoms with Gasteiger partial charge in [-0.15, -0.1) is 0 Å². The molecule has 7 nitrogen and oxygen atoms in total. The molecule has 1 heterocycles. The SMILES string of the molecule is CCOC(=O)c1ccc(O[C@H]2CCC[C@@H](N(C)Cc3cnn(C)c3)[C@@H]2O)cc1. The van der Waals surface area contributed by atoms with Gasteiger partial charge in [-0.25, -0.2) is 4.79 Å². The number of nitrogens with zero attached hydrogens (tertiary/aromatic N) is 3. The molecule has 1 fully saturated rings. The van der Waals surface area contributed by atoms with Gasteiger partial charge in [-0.1, -0.05) is 0 Å². The molecule has 0 amide bonds. The normalized spacial score (nSPS) is 22.2. The number of likely N-dealkylation sites (N-methyl/N-ethyl adjacent to an activating group) is 1. The van der Waals surface area contributed by atoms with Crippen LogP contribution in [0.2, 0.25) is 0 Å². The van der Waals surface area contributed by atoms with Gasteiger partial charge in [-0.2, -0.15) is 5.10 Å². The number of ether oxygens (including phenoxy) is 2. The van der Waals surface area contributed by atoms with Crippen LogP contribution in [0.5, 0.6) is 5.75 Å². The molecule has 1 aromatic heterocycles. The number of hydrogen-bond donors (Lipinski definition) is 1. The first-order valence-electron chi connectivity index (χ1n) is 9.77. The molecule has 1 aromatic carbocycles. The molecule has 152 valence electrons. The van der Waals surface area contributed by atoms with E-state index in [0.717, 1.165) is 31.4 Å². The molecule has 0 bridgehead atoms. The number of benzene rings is 1. The Hall–Kier alpha value is -2.38. The second-order valence-corrected chi connectivity index (χ2v) is 7.33. The maximum atomic E-state index is 11.8. The molecule has 3 atom stereocenters. The van der Waals surface area contributed by atoms with Crippen LogP contribution in [0.25, 0.3) is 0 Å². The highest BCUT2D eigenvalue weighted by Crippen LogP contribution is 2.28. The summed E-state index contributed by atoms with van der Waals surface area (Å²) in [5.41, 5.74) is 1.61. The van der Waals surface area contributed by atoms with Crippen LogP contribution in [-0.4, -0.2) is 57.7 Å². The van der Waals surface area contributed by atoms with Crippen LogP contribution < -0.4 is 4.74 Å². The van der Waals surface area contributed by atoms with Gasteiger partial charge in [0.2, 0.25) is 0 Å². The fourth-order valence-electron chi connectivity index (χ4n) is 3.74. The van der Waals surface area contributed by atoms with E-state index in [1.165, 1.54) is 0 Å². The average Bonchev–Trinajstić information content (AvgIpc) is 3.08. The lowest BCUT2D eigenvalue weighted by Crippen LogP contribution is -2.51. The fraction of sp³-hybridized carbons (Fsp3) is 0.524. The summed E-state index contributed by atoms with van der Waals surface area (Å²) in [7, 11) is 3.92. The zero-order valence-electron chi connectivity index (χ0n) is 16.7. The number of esters is 1. The van der Waals surface area contributed by atoms with Crippen molar-refractivity contribution in [2.45, 2.75) is 51.0 Å². The first-order chi connectivity index (χ1) is 13.5. The van der Waals surface area contributed by atoms with Gasteiger partial charge in [0.05, 0.1) is 18.4 Å². The highest BCUT2D eigenvalue weighted by atomic mass is 16.5. The summed E-state index contributed by atoms with van der Waals surface area (Å²) in [6.07, 6.45) is 5.71. The third-order valence-electron chi connectivity index (χ3n) is 5.17. The maximum Gasteiger partial charge on any atom is 0.338 e. The van der Waals surface area contributed by atoms with E-state index in [1.54, 1.807) is 35.9 Å². The van der Waals surface area contributed by atoms with Crippen LogP contribution in [0, 0.1) is 0 Å². The van der Waals surface area contributed by atoms with E-state index in [4.69, 9.17) is 9.47 Å². The van der Waals surface area contributed by atoms with E-state index < -0.39 is 6.10 Å².